The molecule has 0 bridgehead atoms. The SMILES string of the molecule is COCC(CNC1CC(C)N(C)C1)OC. The van der Waals surface area contributed by atoms with Crippen LogP contribution in [0, 0.1) is 0 Å². The second-order valence-corrected chi connectivity index (χ2v) is 4.44. The molecule has 3 atom stereocenters. The van der Waals surface area contributed by atoms with E-state index in [0.717, 1.165) is 13.1 Å². The molecule has 4 heteroatoms. The molecule has 0 saturated carbocycles. The molecule has 90 valence electrons. The Kier molecular flexibility index (Phi) is 5.53. The quantitative estimate of drug-likeness (QED) is 0.694. The van der Waals surface area contributed by atoms with Gasteiger partial charge in [0.05, 0.1) is 12.7 Å². The number of hydrogen-bond donors (Lipinski definition) is 1. The molecule has 1 aliphatic rings. The van der Waals surface area contributed by atoms with Crippen LogP contribution in [0.4, 0.5) is 0 Å². The summed E-state index contributed by atoms with van der Waals surface area (Å²) in [6.45, 7) is 4.92. The molecule has 0 aromatic heterocycles. The lowest BCUT2D eigenvalue weighted by Gasteiger charge is -2.18. The highest BCUT2D eigenvalue weighted by Gasteiger charge is 2.25. The minimum absolute atomic E-state index is 0.163. The Morgan fingerprint density at radius 1 is 1.47 bits per heavy atom. The second-order valence-electron chi connectivity index (χ2n) is 4.44. The van der Waals surface area contributed by atoms with Crippen LogP contribution in [-0.2, 0) is 9.47 Å². The minimum Gasteiger partial charge on any atom is -0.382 e. The standard InChI is InChI=1S/C11H24N2O2/c1-9-5-10(7-13(9)2)12-6-11(15-4)8-14-3/h9-12H,5-8H2,1-4H3. The van der Waals surface area contributed by atoms with Crippen molar-refractivity contribution in [3.05, 3.63) is 0 Å². The Bertz CT molecular complexity index is 168. The fraction of sp³-hybridized carbons (Fsp3) is 1.00. The number of hydrogen-bond acceptors (Lipinski definition) is 4. The van der Waals surface area contributed by atoms with E-state index >= 15 is 0 Å². The lowest BCUT2D eigenvalue weighted by Crippen LogP contribution is -2.39. The maximum Gasteiger partial charge on any atom is 0.0928 e. The maximum atomic E-state index is 5.30. The monoisotopic (exact) mass is 216 g/mol. The Morgan fingerprint density at radius 3 is 2.67 bits per heavy atom. The Morgan fingerprint density at radius 2 is 2.20 bits per heavy atom. The molecule has 1 fully saturated rings. The van der Waals surface area contributed by atoms with Crippen LogP contribution in [0.5, 0.6) is 0 Å². The fourth-order valence-electron chi connectivity index (χ4n) is 2.04. The van der Waals surface area contributed by atoms with Gasteiger partial charge >= 0.3 is 0 Å². The Balaban J connectivity index is 2.19. The molecule has 1 N–H and O–H groups in total. The summed E-state index contributed by atoms with van der Waals surface area (Å²) in [5.41, 5.74) is 0. The zero-order valence-electron chi connectivity index (χ0n) is 10.3. The van der Waals surface area contributed by atoms with Gasteiger partial charge in [-0.2, -0.15) is 0 Å². The third-order valence-corrected chi connectivity index (χ3v) is 3.21. The van der Waals surface area contributed by atoms with Gasteiger partial charge in [-0.1, -0.05) is 0 Å². The first kappa shape index (κ1) is 12.9. The predicted molar refractivity (Wildman–Crippen MR) is 61.2 cm³/mol. The highest BCUT2D eigenvalue weighted by Crippen LogP contribution is 2.14. The lowest BCUT2D eigenvalue weighted by atomic mass is 10.2. The van der Waals surface area contributed by atoms with Crippen LogP contribution in [-0.4, -0.2) is 64.1 Å². The van der Waals surface area contributed by atoms with Gasteiger partial charge in [-0.05, 0) is 20.4 Å². The summed E-state index contributed by atoms with van der Waals surface area (Å²) in [4.78, 5) is 2.38. The zero-order valence-corrected chi connectivity index (χ0v) is 10.3. The molecule has 1 saturated heterocycles. The van der Waals surface area contributed by atoms with Crippen molar-refractivity contribution in [3.63, 3.8) is 0 Å². The molecule has 0 amide bonds. The Hall–Kier alpha value is -0.160. The van der Waals surface area contributed by atoms with Crippen molar-refractivity contribution in [1.29, 1.82) is 0 Å². The highest BCUT2D eigenvalue weighted by atomic mass is 16.5. The molecule has 0 aromatic carbocycles. The lowest BCUT2D eigenvalue weighted by molar-refractivity contribution is 0.0275. The first-order chi connectivity index (χ1) is 7.17. The molecule has 1 heterocycles. The van der Waals surface area contributed by atoms with E-state index in [1.165, 1.54) is 6.42 Å². The minimum atomic E-state index is 0.163. The van der Waals surface area contributed by atoms with E-state index in [4.69, 9.17) is 9.47 Å². The topological polar surface area (TPSA) is 33.7 Å². The van der Waals surface area contributed by atoms with Crippen molar-refractivity contribution >= 4 is 0 Å². The van der Waals surface area contributed by atoms with Crippen LogP contribution in [0.15, 0.2) is 0 Å². The van der Waals surface area contributed by atoms with Gasteiger partial charge in [-0.3, -0.25) is 0 Å². The average molecular weight is 216 g/mol. The van der Waals surface area contributed by atoms with E-state index in [9.17, 15) is 0 Å². The number of rotatable bonds is 6. The van der Waals surface area contributed by atoms with Gasteiger partial charge in [0.25, 0.3) is 0 Å². The highest BCUT2D eigenvalue weighted by molar-refractivity contribution is 4.85. The summed E-state index contributed by atoms with van der Waals surface area (Å²) in [5, 5.41) is 3.53. The van der Waals surface area contributed by atoms with Gasteiger partial charge in [0, 0.05) is 39.4 Å². The maximum absolute atomic E-state index is 5.30. The second kappa shape index (κ2) is 6.43. The van der Waals surface area contributed by atoms with Crippen molar-refractivity contribution in [3.8, 4) is 0 Å². The number of nitrogens with one attached hydrogen (secondary N) is 1. The van der Waals surface area contributed by atoms with Gasteiger partial charge in [0.15, 0.2) is 0 Å². The largest absolute Gasteiger partial charge is 0.382 e. The van der Waals surface area contributed by atoms with E-state index in [2.05, 4.69) is 24.2 Å². The number of methoxy groups -OCH3 is 2. The van der Waals surface area contributed by atoms with Gasteiger partial charge in [0.2, 0.25) is 0 Å². The van der Waals surface area contributed by atoms with Crippen LogP contribution in [0.2, 0.25) is 0 Å². The van der Waals surface area contributed by atoms with Crippen LogP contribution in [0.1, 0.15) is 13.3 Å². The molecule has 15 heavy (non-hydrogen) atoms. The predicted octanol–water partition coefficient (Wildman–Crippen LogP) is 0.330. The van der Waals surface area contributed by atoms with Crippen molar-refractivity contribution < 1.29 is 9.47 Å². The summed E-state index contributed by atoms with van der Waals surface area (Å²) >= 11 is 0. The van der Waals surface area contributed by atoms with Gasteiger partial charge in [0.1, 0.15) is 0 Å². The van der Waals surface area contributed by atoms with Crippen LogP contribution in [0.25, 0.3) is 0 Å². The molecule has 1 rings (SSSR count). The van der Waals surface area contributed by atoms with Gasteiger partial charge in [-0.15, -0.1) is 0 Å². The first-order valence-corrected chi connectivity index (χ1v) is 5.62. The van der Waals surface area contributed by atoms with Crippen molar-refractivity contribution in [2.75, 3.05) is 41.0 Å². The normalized spacial score (nSPS) is 29.6. The van der Waals surface area contributed by atoms with E-state index < -0.39 is 0 Å². The van der Waals surface area contributed by atoms with Gasteiger partial charge < -0.3 is 19.7 Å². The molecule has 0 radical (unpaired) electrons. The van der Waals surface area contributed by atoms with Crippen molar-refractivity contribution in [1.82, 2.24) is 10.2 Å². The van der Waals surface area contributed by atoms with E-state index in [1.54, 1.807) is 14.2 Å². The molecule has 0 aromatic rings. The van der Waals surface area contributed by atoms with Crippen LogP contribution in [0.3, 0.4) is 0 Å². The molecule has 4 nitrogen and oxygen atoms in total. The van der Waals surface area contributed by atoms with Crippen LogP contribution >= 0.6 is 0 Å². The van der Waals surface area contributed by atoms with Crippen LogP contribution < -0.4 is 5.32 Å². The molecule has 1 aliphatic heterocycles. The first-order valence-electron chi connectivity index (χ1n) is 5.62. The van der Waals surface area contributed by atoms with Gasteiger partial charge in [-0.25, -0.2) is 0 Å². The molecule has 3 unspecified atom stereocenters. The van der Waals surface area contributed by atoms with E-state index in [0.29, 0.717) is 18.7 Å². The molecular weight excluding hydrogens is 192 g/mol. The molecule has 0 aliphatic carbocycles. The molecular formula is C11H24N2O2. The third-order valence-electron chi connectivity index (χ3n) is 3.21. The van der Waals surface area contributed by atoms with E-state index in [-0.39, 0.29) is 6.10 Å². The molecule has 0 spiro atoms. The Labute approximate surface area is 92.9 Å². The summed E-state index contributed by atoms with van der Waals surface area (Å²) < 4.78 is 10.4. The number of nitrogens with zero attached hydrogens (tertiary/aromatic N) is 1. The van der Waals surface area contributed by atoms with E-state index in [1.807, 2.05) is 0 Å². The number of ether oxygens (including phenoxy) is 2. The summed E-state index contributed by atoms with van der Waals surface area (Å²) in [5.74, 6) is 0. The number of likely N-dealkylation sites (N-methyl/N-ethyl adjacent to an activating group) is 1. The smallest absolute Gasteiger partial charge is 0.0928 e. The summed E-state index contributed by atoms with van der Waals surface area (Å²) in [7, 11) is 5.61. The summed E-state index contributed by atoms with van der Waals surface area (Å²) in [6.07, 6.45) is 1.39. The third kappa shape index (κ3) is 4.07. The summed E-state index contributed by atoms with van der Waals surface area (Å²) in [6, 6.07) is 1.28. The fourth-order valence-corrected chi connectivity index (χ4v) is 2.04. The van der Waals surface area contributed by atoms with Crippen molar-refractivity contribution in [2.45, 2.75) is 31.5 Å². The number of likely N-dealkylation sites (tertiary alicyclic amines) is 1. The average Bonchev–Trinajstić information content (AvgIpc) is 2.53. The van der Waals surface area contributed by atoms with Crippen molar-refractivity contribution in [2.24, 2.45) is 0 Å². The zero-order chi connectivity index (χ0) is 11.3.